The second-order valence-electron chi connectivity index (χ2n) is 5.80. The summed E-state index contributed by atoms with van der Waals surface area (Å²) in [5.74, 6) is 0.426. The minimum Gasteiger partial charge on any atom is -0.493 e. The second-order valence-corrected chi connectivity index (χ2v) is 5.80. The fraction of sp³-hybridized carbons (Fsp3) is 0.211. The van der Waals surface area contributed by atoms with Crippen molar-refractivity contribution >= 4 is 0 Å². The molecule has 3 aromatic rings. The number of rotatable bonds is 3. The van der Waals surface area contributed by atoms with Crippen molar-refractivity contribution in [3.8, 4) is 22.7 Å². The van der Waals surface area contributed by atoms with E-state index in [0.717, 1.165) is 28.1 Å². The monoisotopic (exact) mass is 292 g/mol. The molecule has 112 valence electrons. The molecule has 0 spiro atoms. The van der Waals surface area contributed by atoms with Crippen LogP contribution in [0, 0.1) is 6.92 Å². The Bertz CT molecular complexity index is 788. The van der Waals surface area contributed by atoms with Crippen LogP contribution in [0.25, 0.3) is 16.8 Å². The summed E-state index contributed by atoms with van der Waals surface area (Å²) in [6.07, 6.45) is 0. The molecule has 0 bridgehead atoms. The number of para-hydroxylation sites is 1. The molecule has 0 amide bonds. The standard InChI is InChI=1S/C19H20N2O/c1-13(2)18-17(15-10-5-4-6-11-15)19(22)21(20-18)16-12-8-7-9-14(16)3/h4-13,22H,1-3H3. The predicted octanol–water partition coefficient (Wildman–Crippen LogP) is 4.68. The Kier molecular flexibility index (Phi) is 3.72. The predicted molar refractivity (Wildman–Crippen MR) is 89.5 cm³/mol. The van der Waals surface area contributed by atoms with Gasteiger partial charge in [-0.3, -0.25) is 0 Å². The van der Waals surface area contributed by atoms with Crippen molar-refractivity contribution in [2.75, 3.05) is 0 Å². The van der Waals surface area contributed by atoms with Crippen LogP contribution in [0.15, 0.2) is 54.6 Å². The zero-order chi connectivity index (χ0) is 15.7. The first-order valence-corrected chi connectivity index (χ1v) is 7.53. The van der Waals surface area contributed by atoms with Gasteiger partial charge < -0.3 is 5.11 Å². The fourth-order valence-corrected chi connectivity index (χ4v) is 2.68. The van der Waals surface area contributed by atoms with Gasteiger partial charge in [-0.15, -0.1) is 0 Å². The van der Waals surface area contributed by atoms with Crippen LogP contribution >= 0.6 is 0 Å². The van der Waals surface area contributed by atoms with Gasteiger partial charge in [0.15, 0.2) is 0 Å². The van der Waals surface area contributed by atoms with Gasteiger partial charge >= 0.3 is 0 Å². The van der Waals surface area contributed by atoms with Crippen LogP contribution in [0.3, 0.4) is 0 Å². The topological polar surface area (TPSA) is 38.0 Å². The lowest BCUT2D eigenvalue weighted by atomic mass is 10.00. The second kappa shape index (κ2) is 5.68. The first-order valence-electron chi connectivity index (χ1n) is 7.53. The molecule has 0 aliphatic rings. The van der Waals surface area contributed by atoms with Crippen molar-refractivity contribution in [1.29, 1.82) is 0 Å². The molecule has 3 nitrogen and oxygen atoms in total. The maximum absolute atomic E-state index is 10.8. The van der Waals surface area contributed by atoms with Crippen molar-refractivity contribution in [2.24, 2.45) is 0 Å². The zero-order valence-corrected chi connectivity index (χ0v) is 13.1. The molecule has 3 heteroatoms. The van der Waals surface area contributed by atoms with Crippen LogP contribution < -0.4 is 0 Å². The molecule has 1 aromatic heterocycles. The molecule has 0 saturated heterocycles. The van der Waals surface area contributed by atoms with E-state index in [0.29, 0.717) is 0 Å². The van der Waals surface area contributed by atoms with E-state index in [9.17, 15) is 5.11 Å². The molecule has 0 aliphatic heterocycles. The van der Waals surface area contributed by atoms with Gasteiger partial charge in [-0.2, -0.15) is 5.10 Å². The van der Waals surface area contributed by atoms with E-state index in [1.165, 1.54) is 0 Å². The van der Waals surface area contributed by atoms with Crippen LogP contribution in [-0.2, 0) is 0 Å². The van der Waals surface area contributed by atoms with E-state index >= 15 is 0 Å². The maximum atomic E-state index is 10.8. The highest BCUT2D eigenvalue weighted by atomic mass is 16.3. The van der Waals surface area contributed by atoms with Crippen LogP contribution in [-0.4, -0.2) is 14.9 Å². The highest BCUT2D eigenvalue weighted by molar-refractivity contribution is 5.72. The van der Waals surface area contributed by atoms with Gasteiger partial charge in [0.05, 0.1) is 16.9 Å². The molecule has 0 saturated carbocycles. The smallest absolute Gasteiger partial charge is 0.222 e. The summed E-state index contributed by atoms with van der Waals surface area (Å²) in [6.45, 7) is 6.21. The summed E-state index contributed by atoms with van der Waals surface area (Å²) in [5.41, 5.74) is 4.70. The molecular formula is C19H20N2O. The van der Waals surface area contributed by atoms with E-state index in [-0.39, 0.29) is 11.8 Å². The lowest BCUT2D eigenvalue weighted by Crippen LogP contribution is -1.99. The number of hydrogen-bond donors (Lipinski definition) is 1. The number of nitrogens with zero attached hydrogens (tertiary/aromatic N) is 2. The SMILES string of the molecule is Cc1ccccc1-n1nc(C(C)C)c(-c2ccccc2)c1O. The summed E-state index contributed by atoms with van der Waals surface area (Å²) in [5, 5.41) is 15.5. The Balaban J connectivity index is 2.26. The fourth-order valence-electron chi connectivity index (χ4n) is 2.68. The Labute approximate surface area is 130 Å². The zero-order valence-electron chi connectivity index (χ0n) is 13.1. The molecule has 0 atom stereocenters. The average Bonchev–Trinajstić information content (AvgIpc) is 2.86. The Morgan fingerprint density at radius 2 is 1.59 bits per heavy atom. The Morgan fingerprint density at radius 1 is 0.955 bits per heavy atom. The van der Waals surface area contributed by atoms with Crippen molar-refractivity contribution in [3.63, 3.8) is 0 Å². The lowest BCUT2D eigenvalue weighted by Gasteiger charge is -2.07. The van der Waals surface area contributed by atoms with Crippen molar-refractivity contribution < 1.29 is 5.11 Å². The highest BCUT2D eigenvalue weighted by Gasteiger charge is 2.22. The maximum Gasteiger partial charge on any atom is 0.222 e. The minimum atomic E-state index is 0.198. The molecule has 22 heavy (non-hydrogen) atoms. The third-order valence-electron chi connectivity index (χ3n) is 3.84. The number of aromatic hydroxyl groups is 1. The molecule has 0 unspecified atom stereocenters. The third kappa shape index (κ3) is 2.39. The number of benzene rings is 2. The summed E-state index contributed by atoms with van der Waals surface area (Å²) >= 11 is 0. The first-order chi connectivity index (χ1) is 10.6. The van der Waals surface area contributed by atoms with E-state index in [1.54, 1.807) is 4.68 Å². The van der Waals surface area contributed by atoms with Gasteiger partial charge in [0, 0.05) is 0 Å². The Hall–Kier alpha value is -2.55. The van der Waals surface area contributed by atoms with Crippen molar-refractivity contribution in [3.05, 3.63) is 65.9 Å². The largest absolute Gasteiger partial charge is 0.493 e. The molecule has 3 rings (SSSR count). The van der Waals surface area contributed by atoms with Crippen LogP contribution in [0.2, 0.25) is 0 Å². The highest BCUT2D eigenvalue weighted by Crippen LogP contribution is 2.38. The van der Waals surface area contributed by atoms with Gasteiger partial charge in [0.25, 0.3) is 0 Å². The van der Waals surface area contributed by atoms with Crippen LogP contribution in [0.5, 0.6) is 5.88 Å². The molecule has 0 radical (unpaired) electrons. The molecule has 2 aromatic carbocycles. The molecule has 1 N–H and O–H groups in total. The lowest BCUT2D eigenvalue weighted by molar-refractivity contribution is 0.435. The van der Waals surface area contributed by atoms with Crippen molar-refractivity contribution in [1.82, 2.24) is 9.78 Å². The molecule has 1 heterocycles. The summed E-state index contributed by atoms with van der Waals surface area (Å²) in [4.78, 5) is 0. The average molecular weight is 292 g/mol. The first kappa shape index (κ1) is 14.4. The minimum absolute atomic E-state index is 0.198. The van der Waals surface area contributed by atoms with Gasteiger partial charge in [-0.25, -0.2) is 4.68 Å². The normalized spacial score (nSPS) is 11.1. The van der Waals surface area contributed by atoms with Crippen LogP contribution in [0.4, 0.5) is 0 Å². The van der Waals surface area contributed by atoms with E-state index in [2.05, 4.69) is 18.9 Å². The number of hydrogen-bond acceptors (Lipinski definition) is 2. The summed E-state index contributed by atoms with van der Waals surface area (Å²) in [6, 6.07) is 17.9. The van der Waals surface area contributed by atoms with Gasteiger partial charge in [0.1, 0.15) is 0 Å². The quantitative estimate of drug-likeness (QED) is 0.761. The summed E-state index contributed by atoms with van der Waals surface area (Å²) < 4.78 is 1.65. The van der Waals surface area contributed by atoms with E-state index < -0.39 is 0 Å². The van der Waals surface area contributed by atoms with Crippen LogP contribution in [0.1, 0.15) is 31.0 Å². The van der Waals surface area contributed by atoms with E-state index in [4.69, 9.17) is 0 Å². The summed E-state index contributed by atoms with van der Waals surface area (Å²) in [7, 11) is 0. The van der Waals surface area contributed by atoms with Gasteiger partial charge in [0.2, 0.25) is 5.88 Å². The van der Waals surface area contributed by atoms with Gasteiger partial charge in [-0.1, -0.05) is 62.4 Å². The Morgan fingerprint density at radius 3 is 2.23 bits per heavy atom. The van der Waals surface area contributed by atoms with Gasteiger partial charge in [-0.05, 0) is 30.0 Å². The third-order valence-corrected chi connectivity index (χ3v) is 3.84. The molecular weight excluding hydrogens is 272 g/mol. The molecule has 0 fully saturated rings. The van der Waals surface area contributed by atoms with Crippen molar-refractivity contribution in [2.45, 2.75) is 26.7 Å². The number of aryl methyl sites for hydroxylation is 1. The molecule has 0 aliphatic carbocycles. The van der Waals surface area contributed by atoms with E-state index in [1.807, 2.05) is 61.5 Å². The number of aromatic nitrogens is 2.